The number of hydrogen-bond donors (Lipinski definition) is 3. The van der Waals surface area contributed by atoms with Gasteiger partial charge in [-0.2, -0.15) is 4.37 Å². The quantitative estimate of drug-likeness (QED) is 0.354. The van der Waals surface area contributed by atoms with Crippen LogP contribution < -0.4 is 20.7 Å². The fourth-order valence-electron chi connectivity index (χ4n) is 3.08. The number of ether oxygens (including phenoxy) is 1. The van der Waals surface area contributed by atoms with Crippen LogP contribution in [-0.4, -0.2) is 29.3 Å². The Hall–Kier alpha value is -3.91. The lowest BCUT2D eigenvalue weighted by atomic mass is 10.2. The zero-order chi connectivity index (χ0) is 22.3. The van der Waals surface area contributed by atoms with Crippen LogP contribution in [-0.2, 0) is 4.79 Å². The summed E-state index contributed by atoms with van der Waals surface area (Å²) in [7, 11) is 0. The van der Waals surface area contributed by atoms with Crippen LogP contribution >= 0.6 is 11.5 Å². The molecule has 32 heavy (non-hydrogen) atoms. The summed E-state index contributed by atoms with van der Waals surface area (Å²) in [4.78, 5) is 24.7. The molecule has 0 saturated carbocycles. The van der Waals surface area contributed by atoms with Crippen LogP contribution in [0.5, 0.6) is 5.75 Å². The average Bonchev–Trinajstić information content (AvgIpc) is 3.28. The zero-order valence-corrected chi connectivity index (χ0v) is 18.2. The molecule has 8 heteroatoms. The third-order valence-electron chi connectivity index (χ3n) is 4.66. The summed E-state index contributed by atoms with van der Waals surface area (Å²) >= 11 is 1.44. The summed E-state index contributed by atoms with van der Waals surface area (Å²) in [6.45, 7) is 2.64. The Morgan fingerprint density at radius 1 is 0.906 bits per heavy atom. The minimum Gasteiger partial charge on any atom is -0.494 e. The molecule has 0 saturated heterocycles. The van der Waals surface area contributed by atoms with E-state index in [1.54, 1.807) is 54.7 Å². The van der Waals surface area contributed by atoms with E-state index in [-0.39, 0.29) is 18.4 Å². The van der Waals surface area contributed by atoms with Crippen molar-refractivity contribution in [1.29, 1.82) is 0 Å². The van der Waals surface area contributed by atoms with Crippen LogP contribution in [0.25, 0.3) is 10.1 Å². The number of rotatable bonds is 8. The summed E-state index contributed by atoms with van der Waals surface area (Å²) in [6.07, 6.45) is 1.80. The van der Waals surface area contributed by atoms with Crippen LogP contribution in [0.1, 0.15) is 17.3 Å². The van der Waals surface area contributed by atoms with Crippen molar-refractivity contribution in [3.05, 3.63) is 78.5 Å². The van der Waals surface area contributed by atoms with E-state index in [9.17, 15) is 9.59 Å². The van der Waals surface area contributed by atoms with E-state index in [1.807, 2.05) is 25.1 Å². The van der Waals surface area contributed by atoms with E-state index in [2.05, 4.69) is 20.3 Å². The topological polar surface area (TPSA) is 92.4 Å². The first kappa shape index (κ1) is 21.3. The highest BCUT2D eigenvalue weighted by Crippen LogP contribution is 2.22. The van der Waals surface area contributed by atoms with Crippen LogP contribution in [0.2, 0.25) is 0 Å². The molecule has 1 aromatic heterocycles. The first-order valence-electron chi connectivity index (χ1n) is 10.1. The third kappa shape index (κ3) is 5.41. The maximum Gasteiger partial charge on any atom is 0.255 e. The Morgan fingerprint density at radius 2 is 1.59 bits per heavy atom. The normalized spacial score (nSPS) is 10.5. The molecule has 2 amide bonds. The second-order valence-corrected chi connectivity index (χ2v) is 7.80. The second kappa shape index (κ2) is 9.93. The van der Waals surface area contributed by atoms with Gasteiger partial charge in [-0.1, -0.05) is 0 Å². The molecule has 0 unspecified atom stereocenters. The van der Waals surface area contributed by atoms with Crippen molar-refractivity contribution in [1.82, 2.24) is 4.37 Å². The number of amides is 2. The molecule has 162 valence electrons. The molecule has 3 aromatic carbocycles. The van der Waals surface area contributed by atoms with Crippen LogP contribution in [0, 0.1) is 0 Å². The Bertz CT molecular complexity index is 1220. The molecule has 7 nitrogen and oxygen atoms in total. The van der Waals surface area contributed by atoms with Gasteiger partial charge in [0.25, 0.3) is 5.91 Å². The molecule has 4 aromatic rings. The molecule has 0 aliphatic rings. The summed E-state index contributed by atoms with van der Waals surface area (Å²) < 4.78 is 10.6. The fourth-order valence-corrected chi connectivity index (χ4v) is 3.71. The molecule has 0 aliphatic carbocycles. The number of nitrogens with zero attached hydrogens (tertiary/aromatic N) is 1. The second-order valence-electron chi connectivity index (χ2n) is 6.97. The van der Waals surface area contributed by atoms with Crippen molar-refractivity contribution in [3.63, 3.8) is 0 Å². The SMILES string of the molecule is CCOc1ccc(NC(=O)c2ccc(NC(=O)CNc3ccc4sncc4c3)cc2)cc1. The number of fused-ring (bicyclic) bond motifs is 1. The fraction of sp³-hybridized carbons (Fsp3) is 0.125. The minimum atomic E-state index is -0.230. The monoisotopic (exact) mass is 446 g/mol. The van der Waals surface area contributed by atoms with Gasteiger partial charge in [-0.15, -0.1) is 0 Å². The average molecular weight is 447 g/mol. The lowest BCUT2D eigenvalue weighted by molar-refractivity contribution is -0.114. The van der Waals surface area contributed by atoms with Gasteiger partial charge in [-0.25, -0.2) is 0 Å². The summed E-state index contributed by atoms with van der Waals surface area (Å²) in [6, 6.07) is 19.8. The Kier molecular flexibility index (Phi) is 6.62. The van der Waals surface area contributed by atoms with E-state index in [0.29, 0.717) is 23.5 Å². The predicted molar refractivity (Wildman–Crippen MR) is 129 cm³/mol. The van der Waals surface area contributed by atoms with Crippen molar-refractivity contribution in [2.24, 2.45) is 0 Å². The summed E-state index contributed by atoms with van der Waals surface area (Å²) in [5.41, 5.74) is 2.65. The Morgan fingerprint density at radius 3 is 2.34 bits per heavy atom. The van der Waals surface area contributed by atoms with Gasteiger partial charge in [0, 0.05) is 34.2 Å². The van der Waals surface area contributed by atoms with Gasteiger partial charge in [-0.05, 0) is 85.2 Å². The van der Waals surface area contributed by atoms with Crippen molar-refractivity contribution >= 4 is 50.5 Å². The molecule has 0 fully saturated rings. The van der Waals surface area contributed by atoms with Crippen molar-refractivity contribution in [2.75, 3.05) is 29.1 Å². The largest absolute Gasteiger partial charge is 0.494 e. The number of nitrogens with one attached hydrogen (secondary N) is 3. The van der Waals surface area contributed by atoms with Gasteiger partial charge >= 0.3 is 0 Å². The molecule has 0 bridgehead atoms. The van der Waals surface area contributed by atoms with Crippen LogP contribution in [0.15, 0.2) is 72.9 Å². The molecule has 3 N–H and O–H groups in total. The highest BCUT2D eigenvalue weighted by molar-refractivity contribution is 7.13. The van der Waals surface area contributed by atoms with Gasteiger partial charge in [0.15, 0.2) is 0 Å². The molecule has 0 atom stereocenters. The molecule has 1 heterocycles. The van der Waals surface area contributed by atoms with Crippen molar-refractivity contribution < 1.29 is 14.3 Å². The Balaban J connectivity index is 1.28. The lowest BCUT2D eigenvalue weighted by Gasteiger charge is -2.09. The van der Waals surface area contributed by atoms with Gasteiger partial charge in [-0.3, -0.25) is 9.59 Å². The first-order chi connectivity index (χ1) is 15.6. The third-order valence-corrected chi connectivity index (χ3v) is 5.44. The molecule has 0 radical (unpaired) electrons. The summed E-state index contributed by atoms with van der Waals surface area (Å²) in [5.74, 6) is 0.344. The highest BCUT2D eigenvalue weighted by atomic mass is 32.1. The first-order valence-corrected chi connectivity index (χ1v) is 10.9. The van der Waals surface area contributed by atoms with Gasteiger partial charge in [0.05, 0.1) is 17.9 Å². The lowest BCUT2D eigenvalue weighted by Crippen LogP contribution is -2.21. The van der Waals surface area contributed by atoms with Crippen LogP contribution in [0.4, 0.5) is 17.1 Å². The smallest absolute Gasteiger partial charge is 0.255 e. The number of carbonyl (C=O) groups excluding carboxylic acids is 2. The van der Waals surface area contributed by atoms with E-state index in [4.69, 9.17) is 4.74 Å². The van der Waals surface area contributed by atoms with Crippen LogP contribution in [0.3, 0.4) is 0 Å². The van der Waals surface area contributed by atoms with E-state index in [0.717, 1.165) is 21.5 Å². The van der Waals surface area contributed by atoms with E-state index >= 15 is 0 Å². The van der Waals surface area contributed by atoms with Gasteiger partial charge < -0.3 is 20.7 Å². The number of hydrogen-bond acceptors (Lipinski definition) is 6. The zero-order valence-electron chi connectivity index (χ0n) is 17.4. The van der Waals surface area contributed by atoms with Crippen molar-refractivity contribution in [3.8, 4) is 5.75 Å². The number of benzene rings is 3. The molecule has 0 spiro atoms. The summed E-state index contributed by atoms with van der Waals surface area (Å²) in [5, 5.41) is 9.81. The molecule has 0 aliphatic heterocycles. The minimum absolute atomic E-state index is 0.128. The van der Waals surface area contributed by atoms with Gasteiger partial charge in [0.2, 0.25) is 5.91 Å². The maximum atomic E-state index is 12.4. The van der Waals surface area contributed by atoms with E-state index < -0.39 is 0 Å². The van der Waals surface area contributed by atoms with E-state index in [1.165, 1.54) is 11.5 Å². The Labute approximate surface area is 189 Å². The molecular formula is C24H22N4O3S. The molecule has 4 rings (SSSR count). The van der Waals surface area contributed by atoms with Crippen molar-refractivity contribution in [2.45, 2.75) is 6.92 Å². The number of aromatic nitrogens is 1. The highest BCUT2D eigenvalue weighted by Gasteiger charge is 2.08. The number of carbonyl (C=O) groups is 2. The molecular weight excluding hydrogens is 424 g/mol. The van der Waals surface area contributed by atoms with Gasteiger partial charge in [0.1, 0.15) is 5.75 Å². The maximum absolute atomic E-state index is 12.4. The number of anilines is 3. The predicted octanol–water partition coefficient (Wildman–Crippen LogP) is 5.00. The standard InChI is InChI=1S/C24H22N4O3S/c1-2-31-21-10-7-19(8-11-21)28-24(30)16-3-5-18(6-4-16)27-23(29)15-25-20-9-12-22-17(13-20)14-26-32-22/h3-14,25H,2,15H2,1H3,(H,27,29)(H,28,30).